The van der Waals surface area contributed by atoms with Gasteiger partial charge in [0.2, 0.25) is 6.29 Å². The molecule has 1 unspecified atom stereocenters. The minimum atomic E-state index is -0.728. The molecule has 0 saturated carbocycles. The fourth-order valence-corrected chi connectivity index (χ4v) is 2.72. The summed E-state index contributed by atoms with van der Waals surface area (Å²) >= 11 is 12.5. The Balaban J connectivity index is 2.09. The van der Waals surface area contributed by atoms with E-state index in [1.807, 2.05) is 37.3 Å². The number of hydrogen-bond acceptors (Lipinski definition) is 4. The summed E-state index contributed by atoms with van der Waals surface area (Å²) in [7, 11) is 0. The van der Waals surface area contributed by atoms with Crippen LogP contribution in [-0.2, 0) is 16.1 Å². The highest BCUT2D eigenvalue weighted by molar-refractivity contribution is 6.37. The highest BCUT2D eigenvalue weighted by atomic mass is 35.5. The molecule has 0 bridgehead atoms. The van der Waals surface area contributed by atoms with Gasteiger partial charge in [0.25, 0.3) is 0 Å². The Morgan fingerprint density at radius 1 is 1.12 bits per heavy atom. The van der Waals surface area contributed by atoms with Gasteiger partial charge in [-0.2, -0.15) is 0 Å². The van der Waals surface area contributed by atoms with E-state index in [9.17, 15) is 4.79 Å². The van der Waals surface area contributed by atoms with Crippen LogP contribution in [0, 0.1) is 0 Å². The lowest BCUT2D eigenvalue weighted by molar-refractivity contribution is -0.161. The zero-order valence-electron chi connectivity index (χ0n) is 14.1. The largest absolute Gasteiger partial charge is 0.489 e. The lowest BCUT2D eigenvalue weighted by atomic mass is 10.2. The second-order valence-corrected chi connectivity index (χ2v) is 6.25. The minimum Gasteiger partial charge on any atom is -0.489 e. The van der Waals surface area contributed by atoms with Crippen LogP contribution < -0.4 is 9.47 Å². The summed E-state index contributed by atoms with van der Waals surface area (Å²) in [5.41, 5.74) is 1.04. The first-order valence-corrected chi connectivity index (χ1v) is 8.74. The van der Waals surface area contributed by atoms with Crippen LogP contribution >= 0.6 is 23.2 Å². The monoisotopic (exact) mass is 382 g/mol. The van der Waals surface area contributed by atoms with Crippen LogP contribution in [0.3, 0.4) is 0 Å². The molecule has 0 saturated heterocycles. The third-order valence-electron chi connectivity index (χ3n) is 3.29. The minimum absolute atomic E-state index is 0.273. The van der Waals surface area contributed by atoms with Gasteiger partial charge in [0.05, 0.1) is 10.0 Å². The molecule has 6 heteroatoms. The van der Waals surface area contributed by atoms with Gasteiger partial charge in [-0.15, -0.1) is 0 Å². The second-order valence-electron chi connectivity index (χ2n) is 5.44. The molecule has 134 valence electrons. The van der Waals surface area contributed by atoms with Crippen molar-refractivity contribution in [1.82, 2.24) is 0 Å². The summed E-state index contributed by atoms with van der Waals surface area (Å²) in [6, 6.07) is 13.0. The molecule has 0 aliphatic heterocycles. The molecule has 4 nitrogen and oxygen atoms in total. The predicted molar refractivity (Wildman–Crippen MR) is 98.3 cm³/mol. The van der Waals surface area contributed by atoms with Crippen LogP contribution in [-0.4, -0.2) is 12.3 Å². The van der Waals surface area contributed by atoms with E-state index in [0.717, 1.165) is 12.0 Å². The third kappa shape index (κ3) is 6.15. The number of ether oxygens (including phenoxy) is 3. The van der Waals surface area contributed by atoms with Gasteiger partial charge in [-0.3, -0.25) is 4.79 Å². The van der Waals surface area contributed by atoms with E-state index in [1.165, 1.54) is 6.92 Å². The quantitative estimate of drug-likeness (QED) is 0.437. The molecule has 0 spiro atoms. The van der Waals surface area contributed by atoms with Crippen LogP contribution in [0.5, 0.6) is 11.5 Å². The van der Waals surface area contributed by atoms with Crippen molar-refractivity contribution in [1.29, 1.82) is 0 Å². The van der Waals surface area contributed by atoms with E-state index < -0.39 is 12.3 Å². The van der Waals surface area contributed by atoms with E-state index in [1.54, 1.807) is 12.1 Å². The maximum atomic E-state index is 11.2. The van der Waals surface area contributed by atoms with Gasteiger partial charge < -0.3 is 14.2 Å². The van der Waals surface area contributed by atoms with Gasteiger partial charge in [0, 0.05) is 25.5 Å². The standard InChI is InChI=1S/C19H20Cl2O4/c1-3-7-18(24-13(2)22)25-19-16(20)10-15(11-17(19)21)23-12-14-8-5-4-6-9-14/h4-6,8-11,18H,3,7,12H2,1-2H3. The van der Waals surface area contributed by atoms with Crippen molar-refractivity contribution in [3.63, 3.8) is 0 Å². The van der Waals surface area contributed by atoms with Gasteiger partial charge in [-0.05, 0) is 12.0 Å². The molecule has 0 amide bonds. The SMILES string of the molecule is CCCC(OC(C)=O)Oc1c(Cl)cc(OCc2ccccc2)cc1Cl. The van der Waals surface area contributed by atoms with Gasteiger partial charge in [0.15, 0.2) is 5.75 Å². The average Bonchev–Trinajstić information content (AvgIpc) is 2.57. The Kier molecular flexibility index (Phi) is 7.41. The van der Waals surface area contributed by atoms with Crippen LogP contribution in [0.25, 0.3) is 0 Å². The number of esters is 1. The summed E-state index contributed by atoms with van der Waals surface area (Å²) in [6.07, 6.45) is 0.595. The first-order valence-electron chi connectivity index (χ1n) is 7.99. The molecule has 2 rings (SSSR count). The average molecular weight is 383 g/mol. The van der Waals surface area contributed by atoms with Gasteiger partial charge >= 0.3 is 5.97 Å². The number of hydrogen-bond donors (Lipinski definition) is 0. The van der Waals surface area contributed by atoms with Crippen molar-refractivity contribution in [3.8, 4) is 11.5 Å². The molecule has 2 aromatic rings. The van der Waals surface area contributed by atoms with E-state index in [0.29, 0.717) is 28.8 Å². The second kappa shape index (κ2) is 9.54. The molecule has 0 aromatic heterocycles. The molecule has 1 atom stereocenters. The molecule has 0 N–H and O–H groups in total. The first-order chi connectivity index (χ1) is 12.0. The number of benzene rings is 2. The molecule has 0 aliphatic carbocycles. The van der Waals surface area contributed by atoms with Crippen molar-refractivity contribution in [2.75, 3.05) is 0 Å². The summed E-state index contributed by atoms with van der Waals surface area (Å²) < 4.78 is 16.5. The zero-order valence-corrected chi connectivity index (χ0v) is 15.6. The van der Waals surface area contributed by atoms with Crippen LogP contribution in [0.2, 0.25) is 10.0 Å². The Morgan fingerprint density at radius 3 is 2.32 bits per heavy atom. The maximum Gasteiger partial charge on any atom is 0.305 e. The van der Waals surface area contributed by atoms with Crippen LogP contribution in [0.1, 0.15) is 32.3 Å². The smallest absolute Gasteiger partial charge is 0.305 e. The Morgan fingerprint density at radius 2 is 1.76 bits per heavy atom. The normalized spacial score (nSPS) is 11.7. The first kappa shape index (κ1) is 19.4. The van der Waals surface area contributed by atoms with E-state index in [-0.39, 0.29) is 5.75 Å². The molecule has 2 aromatic carbocycles. The number of carbonyl (C=O) groups is 1. The van der Waals surface area contributed by atoms with E-state index >= 15 is 0 Å². The highest BCUT2D eigenvalue weighted by Gasteiger charge is 2.18. The Bertz CT molecular complexity index is 681. The van der Waals surface area contributed by atoms with Crippen molar-refractivity contribution < 1.29 is 19.0 Å². The van der Waals surface area contributed by atoms with Crippen molar-refractivity contribution in [2.24, 2.45) is 0 Å². The lowest BCUT2D eigenvalue weighted by Gasteiger charge is -2.20. The van der Waals surface area contributed by atoms with Crippen LogP contribution in [0.4, 0.5) is 0 Å². The van der Waals surface area contributed by atoms with Gasteiger partial charge in [-0.1, -0.05) is 60.5 Å². The van der Waals surface area contributed by atoms with Crippen molar-refractivity contribution in [3.05, 3.63) is 58.1 Å². The van der Waals surface area contributed by atoms with Gasteiger partial charge in [-0.25, -0.2) is 0 Å². The Labute approximate surface area is 157 Å². The molecule has 25 heavy (non-hydrogen) atoms. The summed E-state index contributed by atoms with van der Waals surface area (Å²) in [6.45, 7) is 3.69. The van der Waals surface area contributed by atoms with E-state index in [2.05, 4.69) is 0 Å². The zero-order chi connectivity index (χ0) is 18.2. The fraction of sp³-hybridized carbons (Fsp3) is 0.316. The topological polar surface area (TPSA) is 44.8 Å². The van der Waals surface area contributed by atoms with Crippen molar-refractivity contribution in [2.45, 2.75) is 39.6 Å². The number of carbonyl (C=O) groups excluding carboxylic acids is 1. The van der Waals surface area contributed by atoms with E-state index in [4.69, 9.17) is 37.4 Å². The van der Waals surface area contributed by atoms with Gasteiger partial charge in [0.1, 0.15) is 12.4 Å². The molecule has 0 heterocycles. The van der Waals surface area contributed by atoms with Crippen LogP contribution in [0.15, 0.2) is 42.5 Å². The number of rotatable bonds is 8. The Hall–Kier alpha value is -1.91. The molecule has 0 aliphatic rings. The summed E-state index contributed by atoms with van der Waals surface area (Å²) in [5, 5.41) is 0.590. The number of halogens is 2. The summed E-state index contributed by atoms with van der Waals surface area (Å²) in [5.74, 6) is 0.384. The lowest BCUT2D eigenvalue weighted by Crippen LogP contribution is -2.23. The maximum absolute atomic E-state index is 11.2. The highest BCUT2D eigenvalue weighted by Crippen LogP contribution is 2.38. The molecule has 0 fully saturated rings. The van der Waals surface area contributed by atoms with Crippen molar-refractivity contribution >= 4 is 29.2 Å². The summed E-state index contributed by atoms with van der Waals surface area (Å²) in [4.78, 5) is 11.2. The predicted octanol–water partition coefficient (Wildman–Crippen LogP) is 5.64. The fourth-order valence-electron chi connectivity index (χ4n) is 2.17. The molecular formula is C19H20Cl2O4. The molecular weight excluding hydrogens is 363 g/mol. The molecule has 0 radical (unpaired) electrons. The third-order valence-corrected chi connectivity index (χ3v) is 3.85.